The molecule has 0 spiro atoms. The minimum absolute atomic E-state index is 0. The number of carbonyl (C=O) groups is 4. The molecular formula is C87H126Cl2N20O12S2. The van der Waals surface area contributed by atoms with Crippen molar-refractivity contribution in [2.75, 3.05) is 138 Å². The third-order valence-electron chi connectivity index (χ3n) is 19.9. The first-order valence-electron chi connectivity index (χ1n) is 41.3. The molecule has 32 nitrogen and oxygen atoms in total. The highest BCUT2D eigenvalue weighted by atomic mass is 35.5. The summed E-state index contributed by atoms with van der Waals surface area (Å²) >= 11 is 5.93. The lowest BCUT2D eigenvalue weighted by atomic mass is 10.1. The van der Waals surface area contributed by atoms with E-state index >= 15 is 0 Å². The van der Waals surface area contributed by atoms with Crippen LogP contribution in [0.2, 0.25) is 5.15 Å². The monoisotopic (exact) mass is 1780 g/mol. The van der Waals surface area contributed by atoms with Crippen LogP contribution < -0.4 is 56.1 Å². The largest absolute Gasteiger partial charge is 1.00 e. The van der Waals surface area contributed by atoms with E-state index in [1.807, 2.05) is 102 Å². The van der Waals surface area contributed by atoms with E-state index in [0.29, 0.717) is 44.3 Å². The van der Waals surface area contributed by atoms with Gasteiger partial charge in [-0.3, -0.25) is 0 Å². The van der Waals surface area contributed by atoms with Gasteiger partial charge in [-0.05, 0) is 270 Å². The van der Waals surface area contributed by atoms with Gasteiger partial charge in [-0.1, -0.05) is 15.6 Å². The number of rotatable bonds is 8. The molecular weight excluding hydrogens is 1650 g/mol. The maximum absolute atomic E-state index is 12.6. The van der Waals surface area contributed by atoms with Crippen molar-refractivity contribution in [1.82, 2.24) is 74.1 Å². The molecule has 0 saturated carbocycles. The van der Waals surface area contributed by atoms with E-state index in [-0.39, 0.29) is 31.1 Å². The standard InChI is InChI=1S/C20H29N5O4S.C20H28N4O2.C15H20N4.C12H19N3O4S.C10H9ClN2.C10H20N2O2.ClH/c1-14-11-16-17(12-15(14)2)21-13-22-18(16)24-7-6-8-25(10-9-24)30(27,28)23-19(26)29-20(3,4)5;1-14-11-16-17(12-15(14)2)21-13-22-18(16)23-7-6-8-24(10-9-23)19(25)26-20(3,4)5;1-11-8-13-14(9-12(11)2)17-10-18-15(13)19-6-3-4-16-5-7-19;1-12(2,3)19-11(16)13-20(17,18)15-8-6-10(7-9-15)14(4)5;1-6-3-8-9(4-7(6)2)12-5-13-10(8)11;1-10(2,3)14-9(13)12-7-4-5-11-6-8-12;/h11-13H,6-10H2,1-5H3,(H,23,26);11-13H,6-10H2,1-5H3;8-10,16H,3-7H2,1-2H3;6-9H,1-5H3;3-5H,1-2H3;11H,4-8H2,1-3H3;1H. The molecule has 4 amide bonds. The molecule has 0 aliphatic carbocycles. The summed E-state index contributed by atoms with van der Waals surface area (Å²) in [5.41, 5.74) is 12.0. The van der Waals surface area contributed by atoms with Crippen molar-refractivity contribution >= 4 is 123 Å². The number of anilines is 4. The number of fused-ring (bicyclic) bond motifs is 4. The average Bonchev–Trinajstić information content (AvgIpc) is 1.43. The van der Waals surface area contributed by atoms with Gasteiger partial charge >= 0.3 is 44.8 Å². The number of aryl methyl sites for hydroxylation is 8. The Labute approximate surface area is 737 Å². The highest BCUT2D eigenvalue weighted by molar-refractivity contribution is 7.87. The molecule has 13 rings (SSSR count). The van der Waals surface area contributed by atoms with Crippen molar-refractivity contribution < 1.29 is 71.3 Å². The molecule has 4 saturated heterocycles. The van der Waals surface area contributed by atoms with Gasteiger partial charge in [0.25, 0.3) is 0 Å². The lowest BCUT2D eigenvalue weighted by Gasteiger charge is -2.27. The number of ether oxygens (including phenoxy) is 4. The summed E-state index contributed by atoms with van der Waals surface area (Å²) in [6.45, 7) is 50.2. The Morgan fingerprint density at radius 1 is 0.407 bits per heavy atom. The van der Waals surface area contributed by atoms with Crippen molar-refractivity contribution in [3.63, 3.8) is 0 Å². The zero-order chi connectivity index (χ0) is 89.8. The molecule has 4 aliphatic rings. The van der Waals surface area contributed by atoms with Gasteiger partial charge in [-0.2, -0.15) is 17.4 Å². The number of halogens is 2. The van der Waals surface area contributed by atoms with E-state index in [4.69, 9.17) is 30.5 Å². The summed E-state index contributed by atoms with van der Waals surface area (Å²) in [5.74, 6) is 2.82. The molecule has 672 valence electrons. The Hall–Kier alpha value is -9.97. The van der Waals surface area contributed by atoms with Crippen molar-refractivity contribution in [3.05, 3.63) is 148 Å². The number of amides is 4. The van der Waals surface area contributed by atoms with E-state index in [1.165, 1.54) is 68.1 Å². The van der Waals surface area contributed by atoms with Gasteiger partial charge in [0.15, 0.2) is 12.4 Å². The second-order valence-electron chi connectivity index (χ2n) is 34.8. The van der Waals surface area contributed by atoms with Gasteiger partial charge in [0.05, 0.1) is 22.1 Å². The minimum Gasteiger partial charge on any atom is -1.00 e. The van der Waals surface area contributed by atoms with Crippen LogP contribution in [-0.2, 0) is 39.4 Å². The van der Waals surface area contributed by atoms with E-state index in [9.17, 15) is 36.0 Å². The highest BCUT2D eigenvalue weighted by Crippen LogP contribution is 2.31. The maximum atomic E-state index is 12.6. The quantitative estimate of drug-likeness (QED) is 0.0624. The number of pyridine rings is 1. The summed E-state index contributed by atoms with van der Waals surface area (Å²) in [6, 6.07) is 20.0. The van der Waals surface area contributed by atoms with Crippen LogP contribution in [0.15, 0.2) is 98.4 Å². The number of hydrogen-bond donors (Lipinski definition) is 4. The van der Waals surface area contributed by atoms with Gasteiger partial charge < -0.3 is 71.4 Å². The lowest BCUT2D eigenvalue weighted by molar-refractivity contribution is -0.512. The van der Waals surface area contributed by atoms with Crippen molar-refractivity contribution in [2.24, 2.45) is 0 Å². The van der Waals surface area contributed by atoms with Crippen LogP contribution in [0.1, 0.15) is 153 Å². The predicted molar refractivity (Wildman–Crippen MR) is 482 cm³/mol. The molecule has 0 unspecified atom stereocenters. The summed E-state index contributed by atoms with van der Waals surface area (Å²) in [7, 11) is -4.31. The number of hydrogen-bond acceptors (Lipinski definition) is 26. The first kappa shape index (κ1) is 100. The molecule has 4 aromatic carbocycles. The zero-order valence-corrected chi connectivity index (χ0v) is 78.7. The fourth-order valence-corrected chi connectivity index (χ4v) is 15.2. The maximum Gasteiger partial charge on any atom is 0.474 e. The molecule has 5 aromatic heterocycles. The fraction of sp³-hybridized carbons (Fsp3) is 0.529. The van der Waals surface area contributed by atoms with Crippen LogP contribution in [0, 0.1) is 55.4 Å². The van der Waals surface area contributed by atoms with Crippen molar-refractivity contribution in [1.29, 1.82) is 0 Å². The average molecular weight is 1780 g/mol. The summed E-state index contributed by atoms with van der Waals surface area (Å²) in [5, 5.41) is 11.3. The third kappa shape index (κ3) is 30.7. The molecule has 36 heteroatoms. The summed E-state index contributed by atoms with van der Waals surface area (Å²) in [4.78, 5) is 94.4. The van der Waals surface area contributed by atoms with Crippen LogP contribution in [0.3, 0.4) is 0 Å². The lowest BCUT2D eigenvalue weighted by Crippen LogP contribution is -3.00. The summed E-state index contributed by atoms with van der Waals surface area (Å²) in [6.07, 6.45) is 10.3. The number of benzene rings is 4. The molecule has 0 atom stereocenters. The van der Waals surface area contributed by atoms with Gasteiger partial charge in [-0.25, -0.2) is 63.8 Å². The third-order valence-corrected chi connectivity index (χ3v) is 22.9. The number of nitrogens with one attached hydrogen (secondary N) is 4. The molecule has 9 heterocycles. The van der Waals surface area contributed by atoms with E-state index in [0.717, 1.165) is 161 Å². The molecule has 123 heavy (non-hydrogen) atoms. The number of nitrogens with zero attached hydrogens (tertiary/aromatic N) is 16. The van der Waals surface area contributed by atoms with E-state index < -0.39 is 55.0 Å². The van der Waals surface area contributed by atoms with E-state index in [2.05, 4.69) is 137 Å². The molecule has 4 aliphatic heterocycles. The van der Waals surface area contributed by atoms with Crippen LogP contribution in [0.5, 0.6) is 0 Å². The Balaban J connectivity index is 0.000000207. The Morgan fingerprint density at radius 2 is 0.748 bits per heavy atom. The molecule has 4 fully saturated rings. The number of aromatic nitrogens is 9. The Morgan fingerprint density at radius 3 is 1.18 bits per heavy atom. The van der Waals surface area contributed by atoms with Gasteiger partial charge in [0.1, 0.15) is 70.3 Å². The zero-order valence-electron chi connectivity index (χ0n) is 75.5. The van der Waals surface area contributed by atoms with Crippen LogP contribution in [0.4, 0.5) is 42.3 Å². The van der Waals surface area contributed by atoms with Crippen molar-refractivity contribution in [3.8, 4) is 0 Å². The Bertz CT molecular complexity index is 5330. The summed E-state index contributed by atoms with van der Waals surface area (Å²) < 4.78 is 76.0. The van der Waals surface area contributed by atoms with E-state index in [1.54, 1.807) is 76.1 Å². The SMILES string of the molecule is CC(C)(C)OC(=O)N1CCCNCC1.CN(C)c1cc[n+](S(=O)(=O)NC(=O)OC(C)(C)C)cc1.Cc1cc2ncnc(Cl)c2cc1C.Cc1cc2ncnc(N3CCCN(C(=O)OC(C)(C)C)CC3)c2cc1C.Cc1cc2ncnc(N3CCCN(S(=O)(=O)NC(=O)OC(C)(C)C)CC3)c2cc1C.Cc1cc2ncnc(N3CCCNCC3)c2cc1C.[Cl-]. The first-order chi connectivity index (χ1) is 57.1. The topological polar surface area (TPSA) is 351 Å². The molecule has 0 radical (unpaired) electrons. The fourth-order valence-electron chi connectivity index (χ4n) is 13.1. The number of carbonyl (C=O) groups excluding carboxylic acids is 4. The van der Waals surface area contributed by atoms with Crippen LogP contribution >= 0.6 is 11.6 Å². The second-order valence-corrected chi connectivity index (χ2v) is 38.4. The highest BCUT2D eigenvalue weighted by Gasteiger charge is 2.33. The Kier molecular flexibility index (Phi) is 35.9. The van der Waals surface area contributed by atoms with Gasteiger partial charge in [0, 0.05) is 145 Å². The predicted octanol–water partition coefficient (Wildman–Crippen LogP) is 10.0. The second kappa shape index (κ2) is 44.1. The van der Waals surface area contributed by atoms with Crippen molar-refractivity contribution in [2.45, 2.75) is 187 Å². The molecule has 4 N–H and O–H groups in total. The molecule has 9 aromatic rings. The minimum atomic E-state index is -4.00. The van der Waals surface area contributed by atoms with Crippen LogP contribution in [0.25, 0.3) is 43.6 Å². The molecule has 0 bridgehead atoms. The first-order valence-corrected chi connectivity index (χ1v) is 44.5. The van der Waals surface area contributed by atoms with Gasteiger partial charge in [0.2, 0.25) is 0 Å². The van der Waals surface area contributed by atoms with Crippen LogP contribution in [-0.4, -0.2) is 236 Å². The smallest absolute Gasteiger partial charge is 0.474 e. The normalized spacial score (nSPS) is 15.1. The van der Waals surface area contributed by atoms with Gasteiger partial charge in [-0.15, -0.1) is 8.42 Å².